The molecule has 0 aliphatic carbocycles. The summed E-state index contributed by atoms with van der Waals surface area (Å²) in [6.07, 6.45) is 0. The Morgan fingerprint density at radius 1 is 0.724 bits per heavy atom. The van der Waals surface area contributed by atoms with Gasteiger partial charge in [0.15, 0.2) is 0 Å². The molecule has 3 aromatic carbocycles. The predicted molar refractivity (Wildman–Crippen MR) is 116 cm³/mol. The Balaban J connectivity index is 1.50. The van der Waals surface area contributed by atoms with Crippen LogP contribution in [0.25, 0.3) is 10.9 Å². The Bertz CT molecular complexity index is 1220. The molecule has 0 atom stereocenters. The van der Waals surface area contributed by atoms with Crippen LogP contribution in [-0.2, 0) is 0 Å². The molecule has 0 spiro atoms. The van der Waals surface area contributed by atoms with Crippen LogP contribution in [0, 0.1) is 0 Å². The van der Waals surface area contributed by atoms with E-state index in [2.05, 4.69) is 15.6 Å². The van der Waals surface area contributed by atoms with Crippen molar-refractivity contribution in [3.05, 3.63) is 101 Å². The molecule has 0 aliphatic rings. The first-order valence-corrected chi connectivity index (χ1v) is 9.30. The highest BCUT2D eigenvalue weighted by Gasteiger charge is 2.11. The minimum Gasteiger partial charge on any atom is -0.322 e. The molecule has 0 radical (unpaired) electrons. The smallest absolute Gasteiger partial charge is 0.256 e. The third kappa shape index (κ3) is 4.42. The molecule has 0 unspecified atom stereocenters. The first-order valence-electron chi connectivity index (χ1n) is 8.93. The Hall–Kier alpha value is -3.70. The van der Waals surface area contributed by atoms with Crippen molar-refractivity contribution in [3.63, 3.8) is 0 Å². The molecule has 1 heterocycles. The van der Waals surface area contributed by atoms with Crippen LogP contribution in [0.2, 0.25) is 5.02 Å². The van der Waals surface area contributed by atoms with E-state index in [1.807, 2.05) is 30.3 Å². The highest BCUT2D eigenvalue weighted by molar-refractivity contribution is 6.31. The number of pyridine rings is 1. The molecule has 5 nitrogen and oxygen atoms in total. The molecule has 0 aliphatic heterocycles. The van der Waals surface area contributed by atoms with Crippen LogP contribution in [0.3, 0.4) is 0 Å². The van der Waals surface area contributed by atoms with Crippen LogP contribution in [0.15, 0.2) is 84.9 Å². The van der Waals surface area contributed by atoms with Crippen molar-refractivity contribution in [1.29, 1.82) is 0 Å². The SMILES string of the molecule is O=C(Nc1cccc(C(=O)Nc2ccc3ccccc3n2)c1)c1cccc(Cl)c1. The first-order chi connectivity index (χ1) is 14.1. The zero-order valence-corrected chi connectivity index (χ0v) is 16.0. The minimum absolute atomic E-state index is 0.304. The largest absolute Gasteiger partial charge is 0.322 e. The average molecular weight is 402 g/mol. The lowest BCUT2D eigenvalue weighted by Crippen LogP contribution is -2.15. The summed E-state index contributed by atoms with van der Waals surface area (Å²) in [4.78, 5) is 29.4. The number of nitrogens with one attached hydrogen (secondary N) is 2. The first kappa shape index (κ1) is 18.7. The maximum Gasteiger partial charge on any atom is 0.256 e. The maximum absolute atomic E-state index is 12.6. The van der Waals surface area contributed by atoms with E-state index in [0.29, 0.717) is 27.7 Å². The Morgan fingerprint density at radius 3 is 2.28 bits per heavy atom. The highest BCUT2D eigenvalue weighted by atomic mass is 35.5. The summed E-state index contributed by atoms with van der Waals surface area (Å²) in [5, 5.41) is 7.04. The van der Waals surface area contributed by atoms with Gasteiger partial charge < -0.3 is 10.6 Å². The van der Waals surface area contributed by atoms with Crippen LogP contribution in [0.4, 0.5) is 11.5 Å². The summed E-state index contributed by atoms with van der Waals surface area (Å²) in [7, 11) is 0. The molecule has 2 amide bonds. The van der Waals surface area contributed by atoms with Gasteiger partial charge in [-0.3, -0.25) is 9.59 Å². The van der Waals surface area contributed by atoms with Gasteiger partial charge in [-0.1, -0.05) is 41.9 Å². The van der Waals surface area contributed by atoms with E-state index in [-0.39, 0.29) is 11.8 Å². The van der Waals surface area contributed by atoms with E-state index >= 15 is 0 Å². The van der Waals surface area contributed by atoms with Crippen molar-refractivity contribution in [1.82, 2.24) is 4.98 Å². The lowest BCUT2D eigenvalue weighted by atomic mass is 10.1. The quantitative estimate of drug-likeness (QED) is 0.481. The average Bonchev–Trinajstić information content (AvgIpc) is 2.74. The van der Waals surface area contributed by atoms with Gasteiger partial charge in [0, 0.05) is 27.2 Å². The number of aromatic nitrogens is 1. The van der Waals surface area contributed by atoms with Gasteiger partial charge in [0.25, 0.3) is 11.8 Å². The van der Waals surface area contributed by atoms with Crippen LogP contribution in [0.5, 0.6) is 0 Å². The van der Waals surface area contributed by atoms with Crippen LogP contribution in [-0.4, -0.2) is 16.8 Å². The van der Waals surface area contributed by atoms with Crippen LogP contribution < -0.4 is 10.6 Å². The summed E-state index contributed by atoms with van der Waals surface area (Å²) in [6, 6.07) is 24.7. The molecule has 1 aromatic heterocycles. The Labute approximate surface area is 172 Å². The molecule has 4 rings (SSSR count). The molecular formula is C23H16ClN3O2. The lowest BCUT2D eigenvalue weighted by molar-refractivity contribution is 0.101. The van der Waals surface area contributed by atoms with Crippen molar-refractivity contribution < 1.29 is 9.59 Å². The van der Waals surface area contributed by atoms with E-state index < -0.39 is 0 Å². The number of halogens is 1. The zero-order valence-electron chi connectivity index (χ0n) is 15.2. The van der Waals surface area contributed by atoms with Crippen molar-refractivity contribution in [2.75, 3.05) is 10.6 Å². The number of rotatable bonds is 4. The van der Waals surface area contributed by atoms with E-state index in [0.717, 1.165) is 10.9 Å². The van der Waals surface area contributed by atoms with Crippen LogP contribution in [0.1, 0.15) is 20.7 Å². The predicted octanol–water partition coefficient (Wildman–Crippen LogP) is 5.39. The molecular weight excluding hydrogens is 386 g/mol. The fraction of sp³-hybridized carbons (Fsp3) is 0. The molecule has 6 heteroatoms. The summed E-state index contributed by atoms with van der Waals surface area (Å²) in [6.45, 7) is 0. The molecule has 29 heavy (non-hydrogen) atoms. The summed E-state index contributed by atoms with van der Waals surface area (Å²) in [5.41, 5.74) is 2.15. The number of benzene rings is 3. The van der Waals surface area contributed by atoms with Gasteiger partial charge >= 0.3 is 0 Å². The third-order valence-electron chi connectivity index (χ3n) is 4.31. The van der Waals surface area contributed by atoms with Crippen LogP contribution >= 0.6 is 11.6 Å². The monoisotopic (exact) mass is 401 g/mol. The number of fused-ring (bicyclic) bond motifs is 1. The Morgan fingerprint density at radius 2 is 1.45 bits per heavy atom. The van der Waals surface area contributed by atoms with E-state index in [9.17, 15) is 9.59 Å². The normalized spacial score (nSPS) is 10.5. The topological polar surface area (TPSA) is 71.1 Å². The van der Waals surface area contributed by atoms with Gasteiger partial charge in [0.05, 0.1) is 5.52 Å². The van der Waals surface area contributed by atoms with E-state index in [1.54, 1.807) is 54.6 Å². The lowest BCUT2D eigenvalue weighted by Gasteiger charge is -2.09. The second-order valence-corrected chi connectivity index (χ2v) is 6.83. The van der Waals surface area contributed by atoms with Crippen molar-refractivity contribution in [3.8, 4) is 0 Å². The number of anilines is 2. The summed E-state index contributed by atoms with van der Waals surface area (Å²) >= 11 is 5.93. The minimum atomic E-state index is -0.313. The Kier molecular flexibility index (Phi) is 5.22. The highest BCUT2D eigenvalue weighted by Crippen LogP contribution is 2.18. The van der Waals surface area contributed by atoms with Crippen molar-refractivity contribution in [2.45, 2.75) is 0 Å². The van der Waals surface area contributed by atoms with Gasteiger partial charge in [0.2, 0.25) is 0 Å². The second-order valence-electron chi connectivity index (χ2n) is 6.39. The maximum atomic E-state index is 12.6. The molecule has 4 aromatic rings. The molecule has 0 fully saturated rings. The number of hydrogen-bond acceptors (Lipinski definition) is 3. The number of para-hydroxylation sites is 1. The van der Waals surface area contributed by atoms with Gasteiger partial charge in [-0.05, 0) is 54.6 Å². The van der Waals surface area contributed by atoms with Gasteiger partial charge in [-0.15, -0.1) is 0 Å². The van der Waals surface area contributed by atoms with Gasteiger partial charge in [-0.25, -0.2) is 4.98 Å². The summed E-state index contributed by atoms with van der Waals surface area (Å²) < 4.78 is 0. The fourth-order valence-electron chi connectivity index (χ4n) is 2.90. The van der Waals surface area contributed by atoms with Gasteiger partial charge in [-0.2, -0.15) is 0 Å². The molecule has 0 saturated heterocycles. The number of carbonyl (C=O) groups excluding carboxylic acids is 2. The number of amides is 2. The van der Waals surface area contributed by atoms with E-state index in [4.69, 9.17) is 11.6 Å². The van der Waals surface area contributed by atoms with E-state index in [1.165, 1.54) is 0 Å². The second kappa shape index (κ2) is 8.12. The third-order valence-corrected chi connectivity index (χ3v) is 4.54. The van der Waals surface area contributed by atoms with Crippen molar-refractivity contribution >= 4 is 45.8 Å². The fourth-order valence-corrected chi connectivity index (χ4v) is 3.09. The van der Waals surface area contributed by atoms with Crippen molar-refractivity contribution in [2.24, 2.45) is 0 Å². The molecule has 142 valence electrons. The number of nitrogens with zero attached hydrogens (tertiary/aromatic N) is 1. The number of hydrogen-bond donors (Lipinski definition) is 2. The standard InChI is InChI=1S/C23H16ClN3O2/c24-18-8-3-6-16(13-18)22(28)25-19-9-4-7-17(14-19)23(29)27-21-12-11-15-5-1-2-10-20(15)26-21/h1-14H,(H,25,28)(H,26,27,29). The molecule has 2 N–H and O–H groups in total. The molecule has 0 bridgehead atoms. The summed E-state index contributed by atoms with van der Waals surface area (Å²) in [5.74, 6) is -0.157. The molecule has 0 saturated carbocycles. The zero-order chi connectivity index (χ0) is 20.2. The van der Waals surface area contributed by atoms with Gasteiger partial charge in [0.1, 0.15) is 5.82 Å². The number of carbonyl (C=O) groups is 2.